The van der Waals surface area contributed by atoms with E-state index in [1.165, 1.54) is 11.8 Å². The number of esters is 2. The van der Waals surface area contributed by atoms with E-state index in [4.69, 9.17) is 25.8 Å². The van der Waals surface area contributed by atoms with Crippen LogP contribution in [0, 0.1) is 0 Å². The van der Waals surface area contributed by atoms with Gasteiger partial charge in [0.1, 0.15) is 6.10 Å². The number of carbonyl (C=O) groups excluding carboxylic acids is 2. The van der Waals surface area contributed by atoms with Crippen molar-refractivity contribution in [2.75, 3.05) is 38.8 Å². The summed E-state index contributed by atoms with van der Waals surface area (Å²) in [6.07, 6.45) is 5.11. The van der Waals surface area contributed by atoms with E-state index in [1.54, 1.807) is 26.1 Å². The lowest BCUT2D eigenvalue weighted by atomic mass is 9.96. The fraction of sp³-hybridized carbons (Fsp3) is 0.556. The van der Waals surface area contributed by atoms with Crippen LogP contribution in [0.15, 0.2) is 34.0 Å². The molecule has 2 saturated heterocycles. The first-order valence-electron chi connectivity index (χ1n) is 9.17. The molecule has 10 heteroatoms. The molecule has 154 valence electrons. The summed E-state index contributed by atoms with van der Waals surface area (Å²) in [5.41, 5.74) is -0.893. The van der Waals surface area contributed by atoms with Crippen LogP contribution in [0.25, 0.3) is 0 Å². The van der Waals surface area contributed by atoms with Crippen molar-refractivity contribution in [2.45, 2.75) is 25.6 Å². The van der Waals surface area contributed by atoms with Crippen molar-refractivity contribution >= 4 is 35.3 Å². The summed E-state index contributed by atoms with van der Waals surface area (Å²) >= 11 is 7.49. The Kier molecular flexibility index (Phi) is 6.92. The summed E-state index contributed by atoms with van der Waals surface area (Å²) in [4.78, 5) is 27.0. The molecule has 0 aliphatic carbocycles. The zero-order valence-corrected chi connectivity index (χ0v) is 17.4. The highest BCUT2D eigenvalue weighted by Crippen LogP contribution is 2.44. The first-order valence-corrected chi connectivity index (χ1v) is 10.5. The molecule has 2 unspecified atom stereocenters. The summed E-state index contributed by atoms with van der Waals surface area (Å²) in [7, 11) is 0. The van der Waals surface area contributed by atoms with Gasteiger partial charge in [-0.05, 0) is 26.0 Å². The minimum absolute atomic E-state index is 0.0982. The van der Waals surface area contributed by atoms with Crippen LogP contribution >= 0.6 is 23.4 Å². The molecule has 0 aromatic rings. The van der Waals surface area contributed by atoms with E-state index in [0.717, 1.165) is 6.54 Å². The second-order valence-corrected chi connectivity index (χ2v) is 7.59. The molecule has 0 radical (unpaired) electrons. The number of thioether (sulfide) groups is 1. The van der Waals surface area contributed by atoms with Crippen LogP contribution in [0.4, 0.5) is 0 Å². The molecule has 0 saturated carbocycles. The third-order valence-corrected chi connectivity index (χ3v) is 5.87. The van der Waals surface area contributed by atoms with Gasteiger partial charge in [-0.1, -0.05) is 23.4 Å². The summed E-state index contributed by atoms with van der Waals surface area (Å²) in [5, 5.41) is 7.67. The number of nitrogens with one attached hydrogen (secondary N) is 2. The highest BCUT2D eigenvalue weighted by Gasteiger charge is 2.50. The Bertz CT molecular complexity index is 700. The monoisotopic (exact) mass is 429 g/mol. The second-order valence-electron chi connectivity index (χ2n) is 6.22. The van der Waals surface area contributed by atoms with Crippen molar-refractivity contribution in [1.29, 1.82) is 0 Å². The standard InChI is InChI=1S/C18H24ClN3O5S/c1-3-25-16(23)14(17(24)26-4-2)15-22(11-28-15)18(6-5-12(19)9-21-18)13-10-20-7-8-27-13/h5-6,9,13,20-21H,3-4,7-8,10-11H2,1-2H3. The van der Waals surface area contributed by atoms with E-state index in [0.29, 0.717) is 29.1 Å². The Balaban J connectivity index is 2.00. The molecule has 3 aliphatic heterocycles. The van der Waals surface area contributed by atoms with E-state index < -0.39 is 17.6 Å². The molecular weight excluding hydrogens is 406 g/mol. The lowest BCUT2D eigenvalue weighted by Gasteiger charge is -2.54. The predicted octanol–water partition coefficient (Wildman–Crippen LogP) is 1.25. The number of nitrogens with zero attached hydrogens (tertiary/aromatic N) is 1. The molecule has 0 aromatic carbocycles. The van der Waals surface area contributed by atoms with Gasteiger partial charge < -0.3 is 29.7 Å². The molecule has 0 bridgehead atoms. The third-order valence-electron chi connectivity index (χ3n) is 4.55. The van der Waals surface area contributed by atoms with Crippen molar-refractivity contribution in [3.05, 3.63) is 34.0 Å². The Labute approximate surface area is 173 Å². The van der Waals surface area contributed by atoms with Crippen LogP contribution in [0.2, 0.25) is 0 Å². The molecule has 0 aromatic heterocycles. The summed E-state index contributed by atoms with van der Waals surface area (Å²) in [6.45, 7) is 5.64. The fourth-order valence-electron chi connectivity index (χ4n) is 3.22. The zero-order chi connectivity index (χ0) is 20.1. The van der Waals surface area contributed by atoms with Gasteiger partial charge in [-0.3, -0.25) is 0 Å². The normalized spacial score (nSPS) is 26.7. The highest BCUT2D eigenvalue weighted by atomic mass is 35.5. The molecule has 3 rings (SSSR count). The van der Waals surface area contributed by atoms with Gasteiger partial charge in [0.25, 0.3) is 0 Å². The largest absolute Gasteiger partial charge is 0.462 e. The Morgan fingerprint density at radius 1 is 1.36 bits per heavy atom. The number of ether oxygens (including phenoxy) is 3. The van der Waals surface area contributed by atoms with Gasteiger partial charge in [0.15, 0.2) is 11.2 Å². The van der Waals surface area contributed by atoms with E-state index in [-0.39, 0.29) is 24.9 Å². The van der Waals surface area contributed by atoms with E-state index in [9.17, 15) is 9.59 Å². The fourth-order valence-corrected chi connectivity index (χ4v) is 4.40. The molecule has 0 spiro atoms. The number of morpholine rings is 1. The Hall–Kier alpha value is -1.68. The van der Waals surface area contributed by atoms with Gasteiger partial charge >= 0.3 is 11.9 Å². The highest BCUT2D eigenvalue weighted by molar-refractivity contribution is 8.04. The van der Waals surface area contributed by atoms with E-state index in [1.807, 2.05) is 11.0 Å². The minimum atomic E-state index is -0.795. The van der Waals surface area contributed by atoms with Crippen molar-refractivity contribution in [2.24, 2.45) is 0 Å². The van der Waals surface area contributed by atoms with Crippen LogP contribution in [0.1, 0.15) is 13.8 Å². The maximum atomic E-state index is 12.5. The minimum Gasteiger partial charge on any atom is -0.462 e. The van der Waals surface area contributed by atoms with Crippen molar-refractivity contribution in [3.63, 3.8) is 0 Å². The number of dihydropyridines is 1. The van der Waals surface area contributed by atoms with Crippen LogP contribution in [0.5, 0.6) is 0 Å². The molecule has 2 N–H and O–H groups in total. The average molecular weight is 430 g/mol. The Morgan fingerprint density at radius 2 is 2.07 bits per heavy atom. The second kappa shape index (κ2) is 9.21. The van der Waals surface area contributed by atoms with Crippen molar-refractivity contribution in [1.82, 2.24) is 15.5 Å². The number of hydrogen-bond donors (Lipinski definition) is 2. The lowest BCUT2D eigenvalue weighted by molar-refractivity contribution is -0.147. The van der Waals surface area contributed by atoms with Crippen LogP contribution < -0.4 is 10.6 Å². The SMILES string of the molecule is CCOC(=O)C(C(=O)OCC)=C1SCN1C1(C2CNCCO2)C=CC(Cl)=CN1. The van der Waals surface area contributed by atoms with Gasteiger partial charge in [0.2, 0.25) is 0 Å². The lowest BCUT2D eigenvalue weighted by Crippen LogP contribution is -2.69. The number of hydrogen-bond acceptors (Lipinski definition) is 9. The molecular formula is C18H24ClN3O5S. The molecule has 0 amide bonds. The number of allylic oxidation sites excluding steroid dienone is 2. The maximum Gasteiger partial charge on any atom is 0.348 e. The first kappa shape index (κ1) is 21.0. The third kappa shape index (κ3) is 4.03. The van der Waals surface area contributed by atoms with Crippen LogP contribution in [0.3, 0.4) is 0 Å². The van der Waals surface area contributed by atoms with E-state index >= 15 is 0 Å². The summed E-state index contributed by atoms with van der Waals surface area (Å²) in [5.74, 6) is -0.834. The predicted molar refractivity (Wildman–Crippen MR) is 106 cm³/mol. The van der Waals surface area contributed by atoms with Gasteiger partial charge in [0.05, 0.1) is 35.8 Å². The van der Waals surface area contributed by atoms with Crippen molar-refractivity contribution < 1.29 is 23.8 Å². The first-order chi connectivity index (χ1) is 13.5. The van der Waals surface area contributed by atoms with Gasteiger partial charge in [-0.25, -0.2) is 9.59 Å². The Morgan fingerprint density at radius 3 is 2.54 bits per heavy atom. The smallest absolute Gasteiger partial charge is 0.348 e. The van der Waals surface area contributed by atoms with Gasteiger partial charge in [-0.15, -0.1) is 0 Å². The molecule has 8 nitrogen and oxygen atoms in total. The molecule has 3 aliphatic rings. The summed E-state index contributed by atoms with van der Waals surface area (Å²) in [6, 6.07) is 0. The number of rotatable bonds is 6. The molecule has 28 heavy (non-hydrogen) atoms. The van der Waals surface area contributed by atoms with Crippen LogP contribution in [-0.2, 0) is 23.8 Å². The van der Waals surface area contributed by atoms with Crippen molar-refractivity contribution in [3.8, 4) is 0 Å². The van der Waals surface area contributed by atoms with E-state index in [2.05, 4.69) is 10.6 Å². The summed E-state index contributed by atoms with van der Waals surface area (Å²) < 4.78 is 16.2. The quantitative estimate of drug-likeness (QED) is 0.280. The zero-order valence-electron chi connectivity index (χ0n) is 15.8. The van der Waals surface area contributed by atoms with Gasteiger partial charge in [-0.2, -0.15) is 0 Å². The average Bonchev–Trinajstić information content (AvgIpc) is 2.68. The number of halogens is 1. The molecule has 2 fully saturated rings. The molecule has 2 atom stereocenters. The van der Waals surface area contributed by atoms with Crippen LogP contribution in [-0.4, -0.2) is 67.4 Å². The van der Waals surface area contributed by atoms with Gasteiger partial charge in [0, 0.05) is 19.3 Å². The topological polar surface area (TPSA) is 89.1 Å². The molecule has 3 heterocycles. The maximum absolute atomic E-state index is 12.5. The number of carbonyl (C=O) groups is 2.